The van der Waals surface area contributed by atoms with Crippen molar-refractivity contribution in [1.82, 2.24) is 10.6 Å². The first-order valence-electron chi connectivity index (χ1n) is 7.45. The third-order valence-electron chi connectivity index (χ3n) is 3.77. The van der Waals surface area contributed by atoms with E-state index in [2.05, 4.69) is 17.2 Å². The van der Waals surface area contributed by atoms with Crippen LogP contribution < -0.4 is 15.4 Å². The highest BCUT2D eigenvalue weighted by atomic mass is 16.5. The van der Waals surface area contributed by atoms with Gasteiger partial charge < -0.3 is 15.4 Å². The third kappa shape index (κ3) is 4.10. The first-order valence-corrected chi connectivity index (χ1v) is 7.45. The Morgan fingerprint density at radius 3 is 2.64 bits per heavy atom. The molecule has 2 amide bonds. The van der Waals surface area contributed by atoms with Crippen LogP contribution in [0.5, 0.6) is 5.75 Å². The van der Waals surface area contributed by atoms with E-state index in [1.165, 1.54) is 0 Å². The summed E-state index contributed by atoms with van der Waals surface area (Å²) in [5.74, 6) is 0.331. The molecule has 2 N–H and O–H groups in total. The number of rotatable bonds is 8. The van der Waals surface area contributed by atoms with Crippen LogP contribution in [0.25, 0.3) is 0 Å². The molecular weight excluding hydrogens is 280 g/mol. The highest BCUT2D eigenvalue weighted by molar-refractivity contribution is 5.92. The van der Waals surface area contributed by atoms with Crippen molar-refractivity contribution in [2.24, 2.45) is 11.8 Å². The number of carbonyl (C=O) groups excluding carboxylic acids is 2. The lowest BCUT2D eigenvalue weighted by Gasteiger charge is -2.09. The summed E-state index contributed by atoms with van der Waals surface area (Å²) in [6.07, 6.45) is 2.96. The number of carbonyl (C=O) groups is 2. The molecule has 0 radical (unpaired) electrons. The van der Waals surface area contributed by atoms with Gasteiger partial charge >= 0.3 is 0 Å². The molecule has 1 aliphatic rings. The second kappa shape index (κ2) is 7.64. The molecule has 1 fully saturated rings. The predicted molar refractivity (Wildman–Crippen MR) is 84.5 cm³/mol. The monoisotopic (exact) mass is 302 g/mol. The van der Waals surface area contributed by atoms with Crippen LogP contribution in [-0.4, -0.2) is 32.0 Å². The van der Waals surface area contributed by atoms with Gasteiger partial charge in [-0.25, -0.2) is 0 Å². The molecule has 1 aliphatic carbocycles. The topological polar surface area (TPSA) is 67.4 Å². The van der Waals surface area contributed by atoms with Crippen LogP contribution in [0.3, 0.4) is 0 Å². The number of hydrogen-bond acceptors (Lipinski definition) is 3. The minimum absolute atomic E-state index is 0.0475. The van der Waals surface area contributed by atoms with Gasteiger partial charge in [-0.2, -0.15) is 0 Å². The van der Waals surface area contributed by atoms with Crippen LogP contribution in [0.15, 0.2) is 36.9 Å². The second-order valence-electron chi connectivity index (χ2n) is 5.34. The van der Waals surface area contributed by atoms with Crippen LogP contribution >= 0.6 is 0 Å². The summed E-state index contributed by atoms with van der Waals surface area (Å²) in [5, 5.41) is 5.61. The van der Waals surface area contributed by atoms with Gasteiger partial charge in [0.25, 0.3) is 0 Å². The quantitative estimate of drug-likeness (QED) is 0.711. The van der Waals surface area contributed by atoms with Crippen LogP contribution in [-0.2, 0) is 16.0 Å². The van der Waals surface area contributed by atoms with E-state index in [0.717, 1.165) is 11.3 Å². The van der Waals surface area contributed by atoms with Crippen molar-refractivity contribution in [3.8, 4) is 5.75 Å². The van der Waals surface area contributed by atoms with Crippen molar-refractivity contribution in [2.75, 3.05) is 20.2 Å². The van der Waals surface area contributed by atoms with Crippen molar-refractivity contribution >= 4 is 11.8 Å². The Bertz CT molecular complexity index is 557. The average molecular weight is 302 g/mol. The molecule has 2 rings (SSSR count). The zero-order chi connectivity index (χ0) is 15.9. The maximum atomic E-state index is 12.0. The van der Waals surface area contributed by atoms with Gasteiger partial charge in [0.1, 0.15) is 5.75 Å². The van der Waals surface area contributed by atoms with Crippen molar-refractivity contribution < 1.29 is 14.3 Å². The first-order chi connectivity index (χ1) is 10.7. The number of amides is 2. The van der Waals surface area contributed by atoms with E-state index < -0.39 is 0 Å². The van der Waals surface area contributed by atoms with E-state index in [-0.39, 0.29) is 23.7 Å². The Kier molecular flexibility index (Phi) is 5.58. The number of para-hydroxylation sites is 1. The van der Waals surface area contributed by atoms with Gasteiger partial charge in [0.15, 0.2) is 0 Å². The lowest BCUT2D eigenvalue weighted by Crippen LogP contribution is -2.31. The molecule has 22 heavy (non-hydrogen) atoms. The maximum absolute atomic E-state index is 12.0. The molecule has 0 spiro atoms. The zero-order valence-corrected chi connectivity index (χ0v) is 12.8. The molecule has 2 atom stereocenters. The molecule has 0 heterocycles. The van der Waals surface area contributed by atoms with Gasteiger partial charge in [0.2, 0.25) is 11.8 Å². The maximum Gasteiger partial charge on any atom is 0.224 e. The van der Waals surface area contributed by atoms with Crippen molar-refractivity contribution in [3.63, 3.8) is 0 Å². The molecule has 2 unspecified atom stereocenters. The molecular formula is C17H22N2O3. The second-order valence-corrected chi connectivity index (χ2v) is 5.34. The van der Waals surface area contributed by atoms with E-state index in [1.54, 1.807) is 13.2 Å². The van der Waals surface area contributed by atoms with E-state index in [1.807, 2.05) is 24.3 Å². The van der Waals surface area contributed by atoms with Gasteiger partial charge in [0.05, 0.1) is 18.9 Å². The van der Waals surface area contributed by atoms with Crippen molar-refractivity contribution in [3.05, 3.63) is 42.5 Å². The molecule has 0 bridgehead atoms. The minimum atomic E-state index is -0.192. The highest BCUT2D eigenvalue weighted by Crippen LogP contribution is 2.38. The normalized spacial score (nSPS) is 19.1. The van der Waals surface area contributed by atoms with Crippen molar-refractivity contribution in [1.29, 1.82) is 0 Å². The average Bonchev–Trinajstić information content (AvgIpc) is 3.33. The highest BCUT2D eigenvalue weighted by Gasteiger charge is 2.47. The Balaban J connectivity index is 1.73. The van der Waals surface area contributed by atoms with Gasteiger partial charge in [-0.1, -0.05) is 24.3 Å². The Hall–Kier alpha value is -2.30. The van der Waals surface area contributed by atoms with Gasteiger partial charge in [-0.3, -0.25) is 9.59 Å². The van der Waals surface area contributed by atoms with E-state index >= 15 is 0 Å². The predicted octanol–water partition coefficient (Wildman–Crippen LogP) is 1.29. The molecule has 118 valence electrons. The molecule has 1 aromatic rings. The largest absolute Gasteiger partial charge is 0.496 e. The standard InChI is InChI=1S/C17H22N2O3/c1-3-9-18-16(20)13-11-14(13)17(21)19-10-8-12-6-4-5-7-15(12)22-2/h3-7,13-14H,1,8-11H2,2H3,(H,18,20)(H,19,21). The van der Waals surface area contributed by atoms with Crippen LogP contribution in [0.2, 0.25) is 0 Å². The van der Waals surface area contributed by atoms with Gasteiger partial charge in [-0.15, -0.1) is 6.58 Å². The summed E-state index contributed by atoms with van der Waals surface area (Å²) in [7, 11) is 1.63. The fourth-order valence-corrected chi connectivity index (χ4v) is 2.44. The molecule has 0 saturated heterocycles. The number of hydrogen-bond donors (Lipinski definition) is 2. The summed E-state index contributed by atoms with van der Waals surface area (Å²) < 4.78 is 5.27. The molecule has 5 nitrogen and oxygen atoms in total. The molecule has 0 aromatic heterocycles. The summed E-state index contributed by atoms with van der Waals surface area (Å²) in [5.41, 5.74) is 1.06. The van der Waals surface area contributed by atoms with E-state index in [9.17, 15) is 9.59 Å². The lowest BCUT2D eigenvalue weighted by atomic mass is 10.1. The van der Waals surface area contributed by atoms with Gasteiger partial charge in [0, 0.05) is 13.1 Å². The SMILES string of the molecule is C=CCNC(=O)C1CC1C(=O)NCCc1ccccc1OC. The summed E-state index contributed by atoms with van der Waals surface area (Å²) in [6, 6.07) is 7.74. The Morgan fingerprint density at radius 1 is 1.27 bits per heavy atom. The van der Waals surface area contributed by atoms with Gasteiger partial charge in [-0.05, 0) is 24.5 Å². The molecule has 5 heteroatoms. The third-order valence-corrected chi connectivity index (χ3v) is 3.77. The first kappa shape index (κ1) is 16.1. The smallest absolute Gasteiger partial charge is 0.224 e. The Morgan fingerprint density at radius 2 is 1.95 bits per heavy atom. The van der Waals surface area contributed by atoms with Crippen LogP contribution in [0.1, 0.15) is 12.0 Å². The number of ether oxygens (including phenoxy) is 1. The van der Waals surface area contributed by atoms with E-state index in [4.69, 9.17) is 4.74 Å². The number of nitrogens with one attached hydrogen (secondary N) is 2. The van der Waals surface area contributed by atoms with Crippen molar-refractivity contribution in [2.45, 2.75) is 12.8 Å². The molecule has 0 aliphatic heterocycles. The summed E-state index contributed by atoms with van der Waals surface area (Å²) in [4.78, 5) is 23.7. The Labute approximate surface area is 130 Å². The molecule has 1 saturated carbocycles. The number of methoxy groups -OCH3 is 1. The fourth-order valence-electron chi connectivity index (χ4n) is 2.44. The zero-order valence-electron chi connectivity index (χ0n) is 12.8. The summed E-state index contributed by atoms with van der Waals surface area (Å²) in [6.45, 7) is 4.53. The van der Waals surface area contributed by atoms with Crippen LogP contribution in [0, 0.1) is 11.8 Å². The summed E-state index contributed by atoms with van der Waals surface area (Å²) >= 11 is 0. The number of benzene rings is 1. The minimum Gasteiger partial charge on any atom is -0.496 e. The van der Waals surface area contributed by atoms with Crippen LogP contribution in [0.4, 0.5) is 0 Å². The molecule has 1 aromatic carbocycles. The van der Waals surface area contributed by atoms with E-state index in [0.29, 0.717) is 25.9 Å². The fraction of sp³-hybridized carbons (Fsp3) is 0.412. The lowest BCUT2D eigenvalue weighted by molar-refractivity contribution is -0.127.